The van der Waals surface area contributed by atoms with Crippen molar-refractivity contribution in [1.82, 2.24) is 4.98 Å². The van der Waals surface area contributed by atoms with E-state index in [-0.39, 0.29) is 5.41 Å². The van der Waals surface area contributed by atoms with Gasteiger partial charge in [0.15, 0.2) is 0 Å². The Labute approximate surface area is 117 Å². The van der Waals surface area contributed by atoms with Gasteiger partial charge in [0.25, 0.3) is 0 Å². The molecule has 0 atom stereocenters. The van der Waals surface area contributed by atoms with Crippen molar-refractivity contribution in [1.29, 1.82) is 0 Å². The van der Waals surface area contributed by atoms with Crippen LogP contribution in [0, 0.1) is 17.3 Å². The molecule has 0 radical (unpaired) electrons. The van der Waals surface area contributed by atoms with Crippen molar-refractivity contribution in [2.45, 2.75) is 53.9 Å². The number of aryl methyl sites for hydroxylation is 1. The van der Waals surface area contributed by atoms with E-state index in [2.05, 4.69) is 39.6 Å². The third-order valence-corrected chi connectivity index (χ3v) is 4.56. The summed E-state index contributed by atoms with van der Waals surface area (Å²) < 4.78 is 0. The van der Waals surface area contributed by atoms with Gasteiger partial charge in [-0.3, -0.25) is 9.78 Å². The Morgan fingerprint density at radius 3 is 2.32 bits per heavy atom. The minimum absolute atomic E-state index is 0.204. The minimum Gasteiger partial charge on any atom is -0.299 e. The molecule has 0 spiro atoms. The highest BCUT2D eigenvalue weighted by atomic mass is 16.1. The average molecular weight is 261 g/mol. The molecule has 1 rings (SSSR count). The molecule has 0 aromatic carbocycles. The van der Waals surface area contributed by atoms with Crippen LogP contribution in [0.1, 0.15) is 53.2 Å². The van der Waals surface area contributed by atoms with Gasteiger partial charge in [-0.15, -0.1) is 0 Å². The zero-order valence-electron chi connectivity index (χ0n) is 12.9. The fourth-order valence-electron chi connectivity index (χ4n) is 2.56. The Kier molecular flexibility index (Phi) is 5.71. The summed E-state index contributed by atoms with van der Waals surface area (Å²) in [7, 11) is 0. The summed E-state index contributed by atoms with van der Waals surface area (Å²) in [6.45, 7) is 10.7. The van der Waals surface area contributed by atoms with E-state index in [9.17, 15) is 4.79 Å². The normalized spacial score (nSPS) is 12.2. The molecule has 0 unspecified atom stereocenters. The maximum atomic E-state index is 12.5. The average Bonchev–Trinajstić information content (AvgIpc) is 2.38. The molecule has 0 bridgehead atoms. The molecule has 0 aliphatic carbocycles. The first-order valence-corrected chi connectivity index (χ1v) is 7.32. The smallest absolute Gasteiger partial charge is 0.139 e. The molecular weight excluding hydrogens is 234 g/mol. The lowest BCUT2D eigenvalue weighted by Gasteiger charge is -2.36. The van der Waals surface area contributed by atoms with Gasteiger partial charge in [0.05, 0.1) is 0 Å². The van der Waals surface area contributed by atoms with Gasteiger partial charge in [-0.1, -0.05) is 40.7 Å². The molecule has 1 aromatic rings. The topological polar surface area (TPSA) is 30.0 Å². The Hall–Kier alpha value is -1.18. The quantitative estimate of drug-likeness (QED) is 0.732. The fourth-order valence-corrected chi connectivity index (χ4v) is 2.56. The number of nitrogens with zero attached hydrogens (tertiary/aromatic N) is 1. The molecular formula is C17H27NO. The second kappa shape index (κ2) is 6.83. The lowest BCUT2D eigenvalue weighted by molar-refractivity contribution is -0.133. The number of hydrogen-bond donors (Lipinski definition) is 0. The first-order chi connectivity index (χ1) is 8.89. The van der Waals surface area contributed by atoms with Crippen LogP contribution in [0.3, 0.4) is 0 Å². The van der Waals surface area contributed by atoms with E-state index < -0.39 is 0 Å². The number of pyridine rings is 1. The first-order valence-electron chi connectivity index (χ1n) is 7.32. The van der Waals surface area contributed by atoms with Crippen LogP contribution in [-0.4, -0.2) is 10.8 Å². The van der Waals surface area contributed by atoms with Crippen LogP contribution in [0.2, 0.25) is 0 Å². The zero-order valence-corrected chi connectivity index (χ0v) is 12.9. The van der Waals surface area contributed by atoms with Crippen LogP contribution in [0.5, 0.6) is 0 Å². The van der Waals surface area contributed by atoms with Crippen molar-refractivity contribution in [3.63, 3.8) is 0 Å². The van der Waals surface area contributed by atoms with Crippen molar-refractivity contribution in [2.24, 2.45) is 17.3 Å². The van der Waals surface area contributed by atoms with Gasteiger partial charge in [-0.05, 0) is 36.8 Å². The monoisotopic (exact) mass is 261 g/mol. The van der Waals surface area contributed by atoms with E-state index in [1.54, 1.807) is 0 Å². The van der Waals surface area contributed by atoms with Crippen molar-refractivity contribution in [3.8, 4) is 0 Å². The van der Waals surface area contributed by atoms with Gasteiger partial charge < -0.3 is 0 Å². The maximum Gasteiger partial charge on any atom is 0.139 e. The van der Waals surface area contributed by atoms with E-state index in [0.29, 0.717) is 24.0 Å². The summed E-state index contributed by atoms with van der Waals surface area (Å²) in [5, 5.41) is 0. The van der Waals surface area contributed by atoms with Crippen LogP contribution >= 0.6 is 0 Å². The molecule has 0 saturated heterocycles. The van der Waals surface area contributed by atoms with Crippen molar-refractivity contribution < 1.29 is 4.79 Å². The first kappa shape index (κ1) is 15.9. The molecule has 19 heavy (non-hydrogen) atoms. The molecule has 0 fully saturated rings. The number of rotatable bonds is 7. The summed E-state index contributed by atoms with van der Waals surface area (Å²) in [6, 6.07) is 5.94. The molecule has 1 aromatic heterocycles. The van der Waals surface area contributed by atoms with Crippen LogP contribution < -0.4 is 0 Å². The van der Waals surface area contributed by atoms with Gasteiger partial charge >= 0.3 is 0 Å². The molecule has 0 aliphatic heterocycles. The molecule has 2 heteroatoms. The second-order valence-electron chi connectivity index (χ2n) is 6.19. The Bertz CT molecular complexity index is 387. The van der Waals surface area contributed by atoms with Crippen LogP contribution in [0.4, 0.5) is 0 Å². The second-order valence-corrected chi connectivity index (χ2v) is 6.19. The van der Waals surface area contributed by atoms with Gasteiger partial charge in [-0.2, -0.15) is 0 Å². The summed E-state index contributed by atoms with van der Waals surface area (Å²) in [5.41, 5.74) is 0.871. The third-order valence-electron chi connectivity index (χ3n) is 4.56. The molecule has 2 nitrogen and oxygen atoms in total. The predicted octanol–water partition coefficient (Wildman–Crippen LogP) is 4.29. The number of carbonyl (C=O) groups is 1. The lowest BCUT2D eigenvalue weighted by Crippen LogP contribution is -2.38. The van der Waals surface area contributed by atoms with E-state index in [0.717, 1.165) is 18.5 Å². The third kappa shape index (κ3) is 3.89. The zero-order chi connectivity index (χ0) is 14.5. The molecule has 106 valence electrons. The number of aromatic nitrogens is 1. The van der Waals surface area contributed by atoms with Gasteiger partial charge in [0.2, 0.25) is 0 Å². The molecule has 0 N–H and O–H groups in total. The van der Waals surface area contributed by atoms with Crippen molar-refractivity contribution in [2.75, 3.05) is 0 Å². The number of hydrogen-bond acceptors (Lipinski definition) is 2. The highest BCUT2D eigenvalue weighted by Gasteiger charge is 2.38. The van der Waals surface area contributed by atoms with Gasteiger partial charge in [0, 0.05) is 23.7 Å². The Balaban J connectivity index is 2.55. The number of Topliss-reactive ketones (excluding diaryl/α,β-unsaturated/α-hetero) is 1. The van der Waals surface area contributed by atoms with E-state index in [1.807, 2.05) is 24.4 Å². The summed E-state index contributed by atoms with van der Waals surface area (Å²) in [6.07, 6.45) is 4.25. The van der Waals surface area contributed by atoms with E-state index in [4.69, 9.17) is 0 Å². The van der Waals surface area contributed by atoms with Crippen molar-refractivity contribution in [3.05, 3.63) is 30.1 Å². The maximum absolute atomic E-state index is 12.5. The van der Waals surface area contributed by atoms with Gasteiger partial charge in [-0.25, -0.2) is 0 Å². The van der Waals surface area contributed by atoms with E-state index >= 15 is 0 Å². The summed E-state index contributed by atoms with van der Waals surface area (Å²) in [5.74, 6) is 1.16. The van der Waals surface area contributed by atoms with E-state index in [1.165, 1.54) is 0 Å². The number of ketones is 1. The summed E-state index contributed by atoms with van der Waals surface area (Å²) >= 11 is 0. The lowest BCUT2D eigenvalue weighted by atomic mass is 9.66. The Morgan fingerprint density at radius 2 is 1.84 bits per heavy atom. The van der Waals surface area contributed by atoms with Crippen LogP contribution in [0.25, 0.3) is 0 Å². The van der Waals surface area contributed by atoms with Crippen LogP contribution in [0.15, 0.2) is 24.4 Å². The molecule has 0 saturated carbocycles. The molecule has 0 amide bonds. The SMILES string of the molecule is CC(C)C(C)(C(=O)CCCc1ccccn1)C(C)C. The highest BCUT2D eigenvalue weighted by molar-refractivity contribution is 5.84. The van der Waals surface area contributed by atoms with Gasteiger partial charge in [0.1, 0.15) is 5.78 Å². The minimum atomic E-state index is -0.204. The highest BCUT2D eigenvalue weighted by Crippen LogP contribution is 2.37. The Morgan fingerprint density at radius 1 is 1.21 bits per heavy atom. The molecule has 1 heterocycles. The standard InChI is InChI=1S/C17H27NO/c1-13(2)17(5,14(3)4)16(19)11-8-10-15-9-6-7-12-18-15/h6-7,9,12-14H,8,10-11H2,1-5H3. The number of carbonyl (C=O) groups excluding carboxylic acids is 1. The fraction of sp³-hybridized carbons (Fsp3) is 0.647. The molecule has 0 aliphatic rings. The van der Waals surface area contributed by atoms with Crippen molar-refractivity contribution >= 4 is 5.78 Å². The van der Waals surface area contributed by atoms with Crippen LogP contribution in [-0.2, 0) is 11.2 Å². The predicted molar refractivity (Wildman–Crippen MR) is 80.0 cm³/mol. The largest absolute Gasteiger partial charge is 0.299 e. The summed E-state index contributed by atoms with van der Waals surface area (Å²) in [4.78, 5) is 16.8.